The Morgan fingerprint density at radius 2 is 2.19 bits per heavy atom. The lowest BCUT2D eigenvalue weighted by atomic mass is 10.1. The molecule has 2 fully saturated rings. The maximum absolute atomic E-state index is 13.0. The van der Waals surface area contributed by atoms with E-state index in [-0.39, 0.29) is 42.5 Å². The van der Waals surface area contributed by atoms with Crippen LogP contribution in [0.25, 0.3) is 0 Å². The van der Waals surface area contributed by atoms with Gasteiger partial charge in [0.15, 0.2) is 5.82 Å². The predicted molar refractivity (Wildman–Crippen MR) is 124 cm³/mol. The Balaban J connectivity index is 1.46. The van der Waals surface area contributed by atoms with Crippen LogP contribution in [0.1, 0.15) is 55.9 Å². The number of amides is 3. The SMILES string of the molecule is CCC/C=C\C=N/CNC(=O)N1c2nc(C(=O)N[C@H]3CC[C@H](O)C3)ccc2N2CC[C@H]1C2. The smallest absolute Gasteiger partial charge is 0.324 e. The Kier molecular flexibility index (Phi) is 7.04. The second-order valence-corrected chi connectivity index (χ2v) is 8.62. The molecule has 3 atom stereocenters. The summed E-state index contributed by atoms with van der Waals surface area (Å²) in [4.78, 5) is 38.5. The van der Waals surface area contributed by atoms with Crippen molar-refractivity contribution in [3.8, 4) is 0 Å². The third-order valence-electron chi connectivity index (χ3n) is 6.25. The minimum atomic E-state index is -0.357. The molecule has 0 aromatic carbocycles. The van der Waals surface area contributed by atoms with E-state index in [1.807, 2.05) is 18.2 Å². The highest BCUT2D eigenvalue weighted by Gasteiger charge is 2.40. The van der Waals surface area contributed by atoms with Gasteiger partial charge in [0.1, 0.15) is 12.4 Å². The summed E-state index contributed by atoms with van der Waals surface area (Å²) < 4.78 is 0. The van der Waals surface area contributed by atoms with Crippen LogP contribution < -0.4 is 20.4 Å². The van der Waals surface area contributed by atoms with E-state index in [2.05, 4.69) is 32.4 Å². The Labute approximate surface area is 188 Å². The summed E-state index contributed by atoms with van der Waals surface area (Å²) >= 11 is 0. The van der Waals surface area contributed by atoms with Crippen molar-refractivity contribution >= 4 is 29.7 Å². The normalized spacial score (nSPS) is 24.4. The number of nitrogens with zero attached hydrogens (tertiary/aromatic N) is 4. The molecule has 1 aliphatic carbocycles. The van der Waals surface area contributed by atoms with Crippen molar-refractivity contribution < 1.29 is 14.7 Å². The molecule has 1 saturated heterocycles. The molecular formula is C23H32N6O3. The number of allylic oxidation sites excluding steroid dienone is 2. The zero-order chi connectivity index (χ0) is 22.5. The van der Waals surface area contributed by atoms with Gasteiger partial charge in [-0.15, -0.1) is 0 Å². The first kappa shape index (κ1) is 22.3. The molecular weight excluding hydrogens is 408 g/mol. The number of hydrogen-bond donors (Lipinski definition) is 3. The van der Waals surface area contributed by atoms with E-state index in [0.29, 0.717) is 18.7 Å². The molecule has 1 aromatic heterocycles. The largest absolute Gasteiger partial charge is 0.393 e. The first-order chi connectivity index (χ1) is 15.6. The van der Waals surface area contributed by atoms with Gasteiger partial charge in [0.25, 0.3) is 5.91 Å². The van der Waals surface area contributed by atoms with Gasteiger partial charge in [0, 0.05) is 25.3 Å². The van der Waals surface area contributed by atoms with Gasteiger partial charge >= 0.3 is 6.03 Å². The predicted octanol–water partition coefficient (Wildman–Crippen LogP) is 2.22. The molecule has 2 aliphatic heterocycles. The first-order valence-corrected chi connectivity index (χ1v) is 11.5. The number of anilines is 2. The molecule has 0 spiro atoms. The second-order valence-electron chi connectivity index (χ2n) is 8.62. The summed E-state index contributed by atoms with van der Waals surface area (Å²) in [6.45, 7) is 3.91. The Morgan fingerprint density at radius 3 is 2.97 bits per heavy atom. The van der Waals surface area contributed by atoms with E-state index in [1.165, 1.54) is 0 Å². The highest BCUT2D eigenvalue weighted by molar-refractivity contribution is 5.99. The third-order valence-corrected chi connectivity index (χ3v) is 6.25. The molecule has 3 amide bonds. The van der Waals surface area contributed by atoms with Crippen molar-refractivity contribution in [2.45, 2.75) is 63.6 Å². The summed E-state index contributed by atoms with van der Waals surface area (Å²) in [6, 6.07) is 3.31. The molecule has 9 heteroatoms. The number of rotatable bonds is 7. The molecule has 172 valence electrons. The van der Waals surface area contributed by atoms with Crippen LogP contribution in [0, 0.1) is 0 Å². The number of pyridine rings is 1. The number of hydrogen-bond acceptors (Lipinski definition) is 6. The molecule has 3 N–H and O–H groups in total. The number of urea groups is 1. The number of aliphatic hydroxyl groups excluding tert-OH is 1. The van der Waals surface area contributed by atoms with Gasteiger partial charge in [-0.2, -0.15) is 0 Å². The van der Waals surface area contributed by atoms with Crippen molar-refractivity contribution in [2.24, 2.45) is 4.99 Å². The molecule has 1 saturated carbocycles. The van der Waals surface area contributed by atoms with Crippen LogP contribution in [0.3, 0.4) is 0 Å². The van der Waals surface area contributed by atoms with Crippen LogP contribution in [0.4, 0.5) is 16.3 Å². The minimum Gasteiger partial charge on any atom is -0.393 e. The Bertz CT molecular complexity index is 902. The molecule has 3 aliphatic rings. The van der Waals surface area contributed by atoms with Crippen molar-refractivity contribution in [2.75, 3.05) is 29.6 Å². The van der Waals surface area contributed by atoms with E-state index in [0.717, 1.165) is 44.5 Å². The lowest BCUT2D eigenvalue weighted by Crippen LogP contribution is -2.51. The van der Waals surface area contributed by atoms with Crippen LogP contribution in [0.15, 0.2) is 29.3 Å². The van der Waals surface area contributed by atoms with Crippen LogP contribution in [-0.4, -0.2) is 66.2 Å². The Hall–Kier alpha value is -2.94. The number of nitrogens with one attached hydrogen (secondary N) is 2. The van der Waals surface area contributed by atoms with Crippen molar-refractivity contribution in [3.05, 3.63) is 30.0 Å². The fourth-order valence-corrected chi connectivity index (χ4v) is 4.58. The monoisotopic (exact) mass is 440 g/mol. The average Bonchev–Trinajstić information content (AvgIpc) is 3.39. The zero-order valence-corrected chi connectivity index (χ0v) is 18.5. The van der Waals surface area contributed by atoms with E-state index in [4.69, 9.17) is 0 Å². The molecule has 4 rings (SSSR count). The van der Waals surface area contributed by atoms with Crippen molar-refractivity contribution in [3.63, 3.8) is 0 Å². The average molecular weight is 441 g/mol. The van der Waals surface area contributed by atoms with Gasteiger partial charge in [-0.05, 0) is 50.3 Å². The lowest BCUT2D eigenvalue weighted by Gasteiger charge is -2.35. The molecule has 0 unspecified atom stereocenters. The second kappa shape index (κ2) is 10.1. The van der Waals surface area contributed by atoms with Gasteiger partial charge in [0.05, 0.1) is 17.8 Å². The van der Waals surface area contributed by atoms with Crippen LogP contribution >= 0.6 is 0 Å². The minimum absolute atomic E-state index is 0.0201. The van der Waals surface area contributed by atoms with Gasteiger partial charge in [-0.1, -0.05) is 19.4 Å². The number of carbonyl (C=O) groups excluding carboxylic acids is 2. The number of unbranched alkanes of at least 4 members (excludes halogenated alkanes) is 1. The highest BCUT2D eigenvalue weighted by atomic mass is 16.3. The molecule has 9 nitrogen and oxygen atoms in total. The number of aromatic nitrogens is 1. The summed E-state index contributed by atoms with van der Waals surface area (Å²) in [5, 5.41) is 15.5. The maximum Gasteiger partial charge on any atom is 0.324 e. The fourth-order valence-electron chi connectivity index (χ4n) is 4.58. The lowest BCUT2D eigenvalue weighted by molar-refractivity contribution is 0.0929. The number of fused-ring (bicyclic) bond motifs is 4. The fraction of sp³-hybridized carbons (Fsp3) is 0.565. The third kappa shape index (κ3) is 4.93. The zero-order valence-electron chi connectivity index (χ0n) is 18.5. The highest BCUT2D eigenvalue weighted by Crippen LogP contribution is 2.38. The van der Waals surface area contributed by atoms with Crippen molar-refractivity contribution in [1.82, 2.24) is 15.6 Å². The standard InChI is InChI=1S/C23H32N6O3/c1-2-3-4-5-11-24-15-25-23(32)29-17-10-12-28(14-17)20-9-8-19(27-21(20)29)22(31)26-16-6-7-18(30)13-16/h4-5,8-9,11,16-18,30H,2-3,6-7,10,12-15H2,1H3,(H,25,32)(H,26,31)/b5-4-,24-11-/t16-,17-,18-/m0/s1. The number of aliphatic imine (C=N–C) groups is 1. The number of aliphatic hydroxyl groups is 1. The number of carbonyl (C=O) groups is 2. The summed E-state index contributed by atoms with van der Waals surface area (Å²) in [7, 11) is 0. The van der Waals surface area contributed by atoms with E-state index in [1.54, 1.807) is 17.2 Å². The van der Waals surface area contributed by atoms with Gasteiger partial charge in [-0.25, -0.2) is 9.78 Å². The summed E-state index contributed by atoms with van der Waals surface area (Å²) in [5.41, 5.74) is 1.15. The first-order valence-electron chi connectivity index (χ1n) is 11.5. The van der Waals surface area contributed by atoms with E-state index >= 15 is 0 Å². The van der Waals surface area contributed by atoms with Crippen LogP contribution in [0.5, 0.6) is 0 Å². The van der Waals surface area contributed by atoms with Crippen LogP contribution in [0.2, 0.25) is 0 Å². The van der Waals surface area contributed by atoms with Gasteiger partial charge in [-0.3, -0.25) is 14.7 Å². The molecule has 2 bridgehead atoms. The maximum atomic E-state index is 13.0. The molecule has 3 heterocycles. The molecule has 32 heavy (non-hydrogen) atoms. The van der Waals surface area contributed by atoms with E-state index in [9.17, 15) is 14.7 Å². The Morgan fingerprint density at radius 1 is 1.31 bits per heavy atom. The van der Waals surface area contributed by atoms with Crippen molar-refractivity contribution in [1.29, 1.82) is 0 Å². The summed E-state index contributed by atoms with van der Waals surface area (Å²) in [6.07, 6.45) is 10.2. The van der Waals surface area contributed by atoms with Crippen LogP contribution in [-0.2, 0) is 0 Å². The molecule has 0 radical (unpaired) electrons. The topological polar surface area (TPSA) is 110 Å². The van der Waals surface area contributed by atoms with Gasteiger partial charge < -0.3 is 20.6 Å². The van der Waals surface area contributed by atoms with E-state index < -0.39 is 0 Å². The summed E-state index contributed by atoms with van der Waals surface area (Å²) in [5.74, 6) is 0.242. The molecule has 1 aromatic rings. The van der Waals surface area contributed by atoms with Gasteiger partial charge in [0.2, 0.25) is 0 Å². The quantitative estimate of drug-likeness (QED) is 0.563.